The van der Waals surface area contributed by atoms with Gasteiger partial charge in [0.15, 0.2) is 0 Å². The highest BCUT2D eigenvalue weighted by molar-refractivity contribution is 5.88. The molecule has 1 aliphatic rings. The molecule has 25 heavy (non-hydrogen) atoms. The third kappa shape index (κ3) is 3.57. The van der Waals surface area contributed by atoms with Gasteiger partial charge in [0.25, 0.3) is 0 Å². The van der Waals surface area contributed by atoms with Gasteiger partial charge in [-0.15, -0.1) is 0 Å². The Bertz CT molecular complexity index is 808. The summed E-state index contributed by atoms with van der Waals surface area (Å²) >= 11 is 0. The summed E-state index contributed by atoms with van der Waals surface area (Å²) in [5.74, 6) is 0.472. The number of rotatable bonds is 2. The van der Waals surface area contributed by atoms with Gasteiger partial charge in [-0.1, -0.05) is 18.2 Å². The summed E-state index contributed by atoms with van der Waals surface area (Å²) in [4.78, 5) is 25.2. The highest BCUT2D eigenvalue weighted by Crippen LogP contribution is 2.32. The van der Waals surface area contributed by atoms with Crippen molar-refractivity contribution in [1.82, 2.24) is 14.7 Å². The lowest BCUT2D eigenvalue weighted by Gasteiger charge is -2.24. The summed E-state index contributed by atoms with van der Waals surface area (Å²) in [6, 6.07) is 8.72. The Balaban J connectivity index is 1.91. The topological polar surface area (TPSA) is 102 Å². The number of para-hydroxylation sites is 1. The Labute approximate surface area is 145 Å². The number of ether oxygens (including phenoxy) is 1. The highest BCUT2D eigenvalue weighted by atomic mass is 16.6. The van der Waals surface area contributed by atoms with Crippen LogP contribution in [0.2, 0.25) is 0 Å². The maximum atomic E-state index is 12.3. The molecule has 0 saturated carbocycles. The average Bonchev–Trinajstić information content (AvgIpc) is 3.06. The molecule has 3 rings (SSSR count). The first-order valence-electron chi connectivity index (χ1n) is 7.95. The molecule has 2 aromatic rings. The number of fused-ring (bicyclic) bond motifs is 1. The fourth-order valence-electron chi connectivity index (χ4n) is 2.67. The molecule has 3 N–H and O–H groups in total. The summed E-state index contributed by atoms with van der Waals surface area (Å²) in [6.07, 6.45) is -0.415. The molecule has 0 fully saturated rings. The number of nitrogens with zero attached hydrogens (tertiary/aromatic N) is 3. The van der Waals surface area contributed by atoms with Gasteiger partial charge in [-0.25, -0.2) is 14.3 Å². The summed E-state index contributed by atoms with van der Waals surface area (Å²) in [5, 5.41) is 7.16. The van der Waals surface area contributed by atoms with Gasteiger partial charge in [-0.05, 0) is 32.9 Å². The smallest absolute Gasteiger partial charge is 0.410 e. The second-order valence-corrected chi connectivity index (χ2v) is 6.85. The molecule has 132 valence electrons. The number of amides is 3. The van der Waals surface area contributed by atoms with Crippen molar-refractivity contribution in [2.75, 3.05) is 5.32 Å². The van der Waals surface area contributed by atoms with E-state index >= 15 is 0 Å². The molecular weight excluding hydrogens is 322 g/mol. The summed E-state index contributed by atoms with van der Waals surface area (Å²) < 4.78 is 7.03. The van der Waals surface area contributed by atoms with E-state index < -0.39 is 17.7 Å². The molecule has 0 radical (unpaired) electrons. The van der Waals surface area contributed by atoms with Crippen molar-refractivity contribution < 1.29 is 14.3 Å². The standard InChI is InChI=1S/C17H21N5O3/c1-17(2,3)25-16(24)21-9-12-13(10-21)20-22(14(12)19-15(18)23)11-7-5-4-6-8-11/h4-8H,9-10H2,1-3H3,(H3,18,19,23). The van der Waals surface area contributed by atoms with Crippen molar-refractivity contribution in [2.24, 2.45) is 5.73 Å². The number of primary amides is 1. The van der Waals surface area contributed by atoms with Gasteiger partial charge < -0.3 is 10.5 Å². The van der Waals surface area contributed by atoms with E-state index in [4.69, 9.17) is 10.5 Å². The molecule has 0 saturated heterocycles. The molecule has 1 aromatic heterocycles. The number of nitrogens with one attached hydrogen (secondary N) is 1. The molecule has 0 aliphatic carbocycles. The van der Waals surface area contributed by atoms with Gasteiger partial charge in [-0.2, -0.15) is 5.10 Å². The van der Waals surface area contributed by atoms with Gasteiger partial charge in [0, 0.05) is 5.56 Å². The van der Waals surface area contributed by atoms with E-state index in [-0.39, 0.29) is 0 Å². The average molecular weight is 343 g/mol. The van der Waals surface area contributed by atoms with Crippen LogP contribution < -0.4 is 11.1 Å². The van der Waals surface area contributed by atoms with Crippen molar-refractivity contribution in [3.63, 3.8) is 0 Å². The number of hydrogen-bond acceptors (Lipinski definition) is 4. The van der Waals surface area contributed by atoms with Crippen LogP contribution in [0.25, 0.3) is 5.69 Å². The van der Waals surface area contributed by atoms with Crippen LogP contribution in [0.3, 0.4) is 0 Å². The van der Waals surface area contributed by atoms with Crippen LogP contribution in [-0.2, 0) is 17.8 Å². The number of anilines is 1. The molecule has 2 heterocycles. The molecule has 8 nitrogen and oxygen atoms in total. The number of carbonyl (C=O) groups is 2. The zero-order valence-electron chi connectivity index (χ0n) is 14.4. The predicted molar refractivity (Wildman–Crippen MR) is 92.3 cm³/mol. The quantitative estimate of drug-likeness (QED) is 0.875. The minimum Gasteiger partial charge on any atom is -0.444 e. The molecule has 3 amide bonds. The van der Waals surface area contributed by atoms with E-state index in [1.165, 1.54) is 0 Å². The highest BCUT2D eigenvalue weighted by Gasteiger charge is 2.33. The Morgan fingerprint density at radius 3 is 2.48 bits per heavy atom. The Kier molecular flexibility index (Phi) is 4.12. The van der Waals surface area contributed by atoms with Crippen LogP contribution in [0.15, 0.2) is 30.3 Å². The van der Waals surface area contributed by atoms with Crippen LogP contribution in [-0.4, -0.2) is 32.4 Å². The lowest BCUT2D eigenvalue weighted by atomic mass is 10.2. The molecule has 0 unspecified atom stereocenters. The summed E-state index contributed by atoms with van der Waals surface area (Å²) in [6.45, 7) is 6.06. The SMILES string of the molecule is CC(C)(C)OC(=O)N1Cc2nn(-c3ccccc3)c(NC(N)=O)c2C1. The molecule has 1 aliphatic heterocycles. The fourth-order valence-corrected chi connectivity index (χ4v) is 2.67. The maximum absolute atomic E-state index is 12.3. The number of hydrogen-bond donors (Lipinski definition) is 2. The van der Waals surface area contributed by atoms with Crippen LogP contribution in [0.4, 0.5) is 15.4 Å². The number of benzene rings is 1. The number of aromatic nitrogens is 2. The van der Waals surface area contributed by atoms with Gasteiger partial charge in [-0.3, -0.25) is 10.2 Å². The van der Waals surface area contributed by atoms with Gasteiger partial charge >= 0.3 is 12.1 Å². The number of nitrogens with two attached hydrogens (primary N) is 1. The number of urea groups is 1. The van der Waals surface area contributed by atoms with Crippen LogP contribution in [0, 0.1) is 0 Å². The van der Waals surface area contributed by atoms with Crippen molar-refractivity contribution in [3.05, 3.63) is 41.6 Å². The molecule has 0 bridgehead atoms. The molecule has 8 heteroatoms. The third-order valence-electron chi connectivity index (χ3n) is 3.65. The lowest BCUT2D eigenvalue weighted by molar-refractivity contribution is 0.0239. The predicted octanol–water partition coefficient (Wildman–Crippen LogP) is 2.61. The Hall–Kier alpha value is -3.03. The molecule has 0 spiro atoms. The minimum atomic E-state index is -0.685. The summed E-state index contributed by atoms with van der Waals surface area (Å²) in [5.41, 5.74) is 6.99. The lowest BCUT2D eigenvalue weighted by Crippen LogP contribution is -2.34. The molecule has 1 aromatic carbocycles. The first-order valence-corrected chi connectivity index (χ1v) is 7.95. The van der Waals surface area contributed by atoms with Crippen LogP contribution in [0.1, 0.15) is 32.0 Å². The van der Waals surface area contributed by atoms with E-state index in [2.05, 4.69) is 10.4 Å². The fraction of sp³-hybridized carbons (Fsp3) is 0.353. The first-order chi connectivity index (χ1) is 11.7. The zero-order chi connectivity index (χ0) is 18.2. The number of carbonyl (C=O) groups excluding carboxylic acids is 2. The van der Waals surface area contributed by atoms with Crippen molar-refractivity contribution >= 4 is 17.9 Å². The van der Waals surface area contributed by atoms with E-state index in [9.17, 15) is 9.59 Å². The first kappa shape index (κ1) is 16.8. The zero-order valence-corrected chi connectivity index (χ0v) is 14.4. The van der Waals surface area contributed by atoms with Crippen LogP contribution in [0.5, 0.6) is 0 Å². The van der Waals surface area contributed by atoms with Gasteiger partial charge in [0.1, 0.15) is 11.4 Å². The van der Waals surface area contributed by atoms with E-state index in [0.717, 1.165) is 11.3 Å². The monoisotopic (exact) mass is 343 g/mol. The van der Waals surface area contributed by atoms with Crippen LogP contribution >= 0.6 is 0 Å². The second kappa shape index (κ2) is 6.12. The Morgan fingerprint density at radius 2 is 1.88 bits per heavy atom. The van der Waals surface area contributed by atoms with E-state index in [0.29, 0.717) is 24.6 Å². The molecule has 0 atom stereocenters. The molecular formula is C17H21N5O3. The van der Waals surface area contributed by atoms with E-state index in [1.54, 1.807) is 9.58 Å². The van der Waals surface area contributed by atoms with Crippen molar-refractivity contribution in [1.29, 1.82) is 0 Å². The van der Waals surface area contributed by atoms with Crippen molar-refractivity contribution in [3.8, 4) is 5.69 Å². The summed E-state index contributed by atoms with van der Waals surface area (Å²) in [7, 11) is 0. The maximum Gasteiger partial charge on any atom is 0.410 e. The van der Waals surface area contributed by atoms with E-state index in [1.807, 2.05) is 51.1 Å². The third-order valence-corrected chi connectivity index (χ3v) is 3.65. The van der Waals surface area contributed by atoms with Crippen molar-refractivity contribution in [2.45, 2.75) is 39.5 Å². The second-order valence-electron chi connectivity index (χ2n) is 6.85. The Morgan fingerprint density at radius 1 is 1.20 bits per heavy atom. The largest absolute Gasteiger partial charge is 0.444 e. The van der Waals surface area contributed by atoms with Gasteiger partial charge in [0.2, 0.25) is 0 Å². The minimum absolute atomic E-state index is 0.298. The van der Waals surface area contributed by atoms with Gasteiger partial charge in [0.05, 0.1) is 24.5 Å². The normalized spacial score (nSPS) is 13.5.